The summed E-state index contributed by atoms with van der Waals surface area (Å²) in [7, 11) is 3.28. The summed E-state index contributed by atoms with van der Waals surface area (Å²) in [5, 5.41) is 34.4. The van der Waals surface area contributed by atoms with Gasteiger partial charge in [0.05, 0.1) is 14.2 Å². The predicted octanol–water partition coefficient (Wildman–Crippen LogP) is 1.53. The van der Waals surface area contributed by atoms with Crippen LogP contribution >= 0.6 is 0 Å². The van der Waals surface area contributed by atoms with E-state index in [0.29, 0.717) is 0 Å². The first-order chi connectivity index (χ1) is 12.5. The molecule has 8 heteroatoms. The zero-order valence-electron chi connectivity index (χ0n) is 13.7. The van der Waals surface area contributed by atoms with Crippen LogP contribution in [0.3, 0.4) is 0 Å². The Balaban J connectivity index is 0.000000289. The maximum Gasteiger partial charge on any atom is 0.217 e. The number of ketones is 2. The number of ether oxygens (including phenoxy) is 2. The number of Topliss-reactive ketones (excluding diaryl/α,β-unsaturated/α-hetero) is 2. The van der Waals surface area contributed by atoms with Gasteiger partial charge in [0.2, 0.25) is 11.6 Å². The van der Waals surface area contributed by atoms with Gasteiger partial charge in [0.25, 0.3) is 0 Å². The van der Waals surface area contributed by atoms with Crippen LogP contribution in [0.2, 0.25) is 0 Å². The van der Waals surface area contributed by atoms with E-state index in [-0.39, 0.29) is 0 Å². The van der Waals surface area contributed by atoms with Crippen molar-refractivity contribution in [2.45, 2.75) is 0 Å². The molecule has 126 valence electrons. The highest BCUT2D eigenvalue weighted by Crippen LogP contribution is 2.23. The van der Waals surface area contributed by atoms with Gasteiger partial charge in [0.15, 0.2) is 0 Å². The average Bonchev–Trinajstić information content (AvgIpc) is 2.69. The lowest BCUT2D eigenvalue weighted by molar-refractivity contribution is -0.115. The Morgan fingerprint density at radius 2 is 0.846 bits per heavy atom. The number of carbonyl (C=O) groups excluding carboxylic acids is 2. The van der Waals surface area contributed by atoms with Crippen LogP contribution in [-0.2, 0) is 9.59 Å². The molecule has 2 rings (SSSR count). The van der Waals surface area contributed by atoms with Crippen molar-refractivity contribution < 1.29 is 19.1 Å². The Hall–Kier alpha value is -4.40. The van der Waals surface area contributed by atoms with Crippen molar-refractivity contribution >= 4 is 11.6 Å². The Morgan fingerprint density at radius 3 is 1.00 bits per heavy atom. The van der Waals surface area contributed by atoms with E-state index in [4.69, 9.17) is 30.5 Å². The van der Waals surface area contributed by atoms with Crippen LogP contribution < -0.4 is 9.47 Å². The van der Waals surface area contributed by atoms with E-state index >= 15 is 0 Å². The molecule has 0 bridgehead atoms. The summed E-state index contributed by atoms with van der Waals surface area (Å²) in [6, 6.07) is 13.0. The molecular weight excluding hydrogens is 336 g/mol. The summed E-state index contributed by atoms with van der Waals surface area (Å²) in [6.07, 6.45) is 0. The van der Waals surface area contributed by atoms with Gasteiger partial charge < -0.3 is 9.47 Å². The van der Waals surface area contributed by atoms with Gasteiger partial charge in [-0.05, 0) is 24.3 Å². The molecule has 0 spiro atoms. The lowest BCUT2D eigenvalue weighted by atomic mass is 9.86. The van der Waals surface area contributed by atoms with Crippen LogP contribution in [0.5, 0.6) is 11.5 Å². The molecule has 1 aromatic carbocycles. The SMILES string of the molecule is COc1ccc(OC)cc1.N#CC1=C(C#N)C(=O)C(C#N)=C(C#N)C1=O. The van der Waals surface area contributed by atoms with Crippen molar-refractivity contribution in [1.82, 2.24) is 0 Å². The Morgan fingerprint density at radius 1 is 0.615 bits per heavy atom. The molecule has 8 nitrogen and oxygen atoms in total. The normalized spacial score (nSPS) is 12.7. The number of nitrogens with zero attached hydrogens (tertiary/aromatic N) is 4. The second kappa shape index (κ2) is 9.03. The fourth-order valence-corrected chi connectivity index (χ4v) is 1.84. The van der Waals surface area contributed by atoms with Crippen LogP contribution in [0, 0.1) is 45.3 Å². The molecule has 0 saturated carbocycles. The third kappa shape index (κ3) is 3.92. The second-order valence-electron chi connectivity index (χ2n) is 4.49. The first kappa shape index (κ1) is 19.6. The van der Waals surface area contributed by atoms with E-state index < -0.39 is 33.9 Å². The van der Waals surface area contributed by atoms with Gasteiger partial charge >= 0.3 is 0 Å². The Kier molecular flexibility index (Phi) is 6.83. The summed E-state index contributed by atoms with van der Waals surface area (Å²) in [4.78, 5) is 22.9. The molecule has 0 fully saturated rings. The van der Waals surface area contributed by atoms with Gasteiger partial charge in [-0.3, -0.25) is 9.59 Å². The lowest BCUT2D eigenvalue weighted by Crippen LogP contribution is -2.21. The van der Waals surface area contributed by atoms with Gasteiger partial charge in [-0.2, -0.15) is 21.0 Å². The van der Waals surface area contributed by atoms with E-state index in [1.807, 2.05) is 24.3 Å². The number of hydrogen-bond acceptors (Lipinski definition) is 8. The van der Waals surface area contributed by atoms with E-state index in [1.54, 1.807) is 14.2 Å². The molecule has 0 amide bonds. The van der Waals surface area contributed by atoms with E-state index in [1.165, 1.54) is 24.3 Å². The number of hydrogen-bond donors (Lipinski definition) is 0. The van der Waals surface area contributed by atoms with Crippen LogP contribution in [0.4, 0.5) is 0 Å². The van der Waals surface area contributed by atoms with Gasteiger partial charge in [-0.25, -0.2) is 0 Å². The molecule has 0 unspecified atom stereocenters. The highest BCUT2D eigenvalue weighted by atomic mass is 16.5. The molecule has 1 aromatic rings. The third-order valence-corrected chi connectivity index (χ3v) is 3.15. The molecule has 26 heavy (non-hydrogen) atoms. The zero-order chi connectivity index (χ0) is 19.7. The van der Waals surface area contributed by atoms with Crippen molar-refractivity contribution in [3.63, 3.8) is 0 Å². The topological polar surface area (TPSA) is 148 Å². The quantitative estimate of drug-likeness (QED) is 0.732. The molecule has 0 aromatic heterocycles. The Labute approximate surface area is 149 Å². The largest absolute Gasteiger partial charge is 0.497 e. The van der Waals surface area contributed by atoms with Crippen molar-refractivity contribution in [2.24, 2.45) is 0 Å². The predicted molar refractivity (Wildman–Crippen MR) is 86.1 cm³/mol. The van der Waals surface area contributed by atoms with Gasteiger partial charge in [-0.1, -0.05) is 0 Å². The molecule has 0 N–H and O–H groups in total. The monoisotopic (exact) mass is 346 g/mol. The number of rotatable bonds is 2. The van der Waals surface area contributed by atoms with Crippen molar-refractivity contribution in [3.05, 3.63) is 46.6 Å². The molecule has 1 aliphatic rings. The van der Waals surface area contributed by atoms with Crippen LogP contribution in [0.15, 0.2) is 46.6 Å². The van der Waals surface area contributed by atoms with Gasteiger partial charge in [0, 0.05) is 0 Å². The first-order valence-electron chi connectivity index (χ1n) is 6.85. The lowest BCUT2D eigenvalue weighted by Gasteiger charge is -2.08. The maximum absolute atomic E-state index is 11.5. The summed E-state index contributed by atoms with van der Waals surface area (Å²) in [6.45, 7) is 0. The first-order valence-corrected chi connectivity index (χ1v) is 6.85. The van der Waals surface area contributed by atoms with E-state index in [0.717, 1.165) is 11.5 Å². The van der Waals surface area contributed by atoms with Crippen LogP contribution in [0.1, 0.15) is 0 Å². The molecule has 1 aliphatic carbocycles. The van der Waals surface area contributed by atoms with Gasteiger partial charge in [-0.15, -0.1) is 0 Å². The van der Waals surface area contributed by atoms with Crippen LogP contribution in [0.25, 0.3) is 0 Å². The van der Waals surface area contributed by atoms with Crippen molar-refractivity contribution in [3.8, 4) is 35.8 Å². The van der Waals surface area contributed by atoms with Crippen LogP contribution in [-0.4, -0.2) is 25.8 Å². The Bertz CT molecular complexity index is 841. The number of benzene rings is 1. The molecule has 0 radical (unpaired) electrons. The number of allylic oxidation sites excluding steroid dienone is 4. The molecule has 0 atom stereocenters. The number of nitriles is 4. The third-order valence-electron chi connectivity index (χ3n) is 3.15. The molecule has 0 heterocycles. The number of carbonyl (C=O) groups is 2. The van der Waals surface area contributed by atoms with E-state index in [9.17, 15) is 9.59 Å². The molecule has 0 aliphatic heterocycles. The van der Waals surface area contributed by atoms with Gasteiger partial charge in [0.1, 0.15) is 58.1 Å². The fourth-order valence-electron chi connectivity index (χ4n) is 1.84. The summed E-state index contributed by atoms with van der Waals surface area (Å²) in [5.41, 5.74) is -2.77. The summed E-state index contributed by atoms with van der Waals surface area (Å²) in [5.74, 6) is -0.419. The maximum atomic E-state index is 11.5. The molecule has 0 saturated heterocycles. The smallest absolute Gasteiger partial charge is 0.217 e. The van der Waals surface area contributed by atoms with Crippen molar-refractivity contribution in [2.75, 3.05) is 14.2 Å². The standard InChI is InChI=1S/C10N4O2.C8H10O2/c11-1-5-6(2-12)10(16)8(4-14)7(3-13)9(5)15;1-9-7-3-5-8(10-2)6-4-7/h;3-6H,1-2H3. The minimum absolute atomic E-state index is 0.692. The minimum atomic E-state index is -1.06. The summed E-state index contributed by atoms with van der Waals surface area (Å²) >= 11 is 0. The number of methoxy groups -OCH3 is 2. The van der Waals surface area contributed by atoms with Crippen molar-refractivity contribution in [1.29, 1.82) is 21.0 Å². The van der Waals surface area contributed by atoms with E-state index in [2.05, 4.69) is 0 Å². The average molecular weight is 346 g/mol. The zero-order valence-corrected chi connectivity index (χ0v) is 13.7. The fraction of sp³-hybridized carbons (Fsp3) is 0.111. The highest BCUT2D eigenvalue weighted by molar-refractivity contribution is 6.30. The summed E-state index contributed by atoms with van der Waals surface area (Å²) < 4.78 is 9.92. The molecular formula is C18H10N4O4. The highest BCUT2D eigenvalue weighted by Gasteiger charge is 2.35. The second-order valence-corrected chi connectivity index (χ2v) is 4.49. The minimum Gasteiger partial charge on any atom is -0.497 e.